The fraction of sp³-hybridized carbons (Fsp3) is 0.333. The van der Waals surface area contributed by atoms with Crippen LogP contribution < -0.4 is 10.2 Å². The summed E-state index contributed by atoms with van der Waals surface area (Å²) in [6, 6.07) is 15.3. The number of ether oxygens (including phenoxy) is 1. The van der Waals surface area contributed by atoms with E-state index in [-0.39, 0.29) is 24.1 Å². The van der Waals surface area contributed by atoms with Crippen molar-refractivity contribution in [1.82, 2.24) is 4.90 Å². The van der Waals surface area contributed by atoms with E-state index < -0.39 is 0 Å². The van der Waals surface area contributed by atoms with Gasteiger partial charge in [0.15, 0.2) is 5.76 Å². The van der Waals surface area contributed by atoms with Gasteiger partial charge in [-0.2, -0.15) is 0 Å². The van der Waals surface area contributed by atoms with Gasteiger partial charge in [-0.05, 0) is 44.2 Å². The van der Waals surface area contributed by atoms with Crippen molar-refractivity contribution >= 4 is 34.2 Å². The fourth-order valence-electron chi connectivity index (χ4n) is 3.80. The zero-order valence-corrected chi connectivity index (χ0v) is 17.9. The molecule has 7 heteroatoms. The van der Waals surface area contributed by atoms with Gasteiger partial charge in [-0.1, -0.05) is 18.2 Å². The number of aryl methyl sites for hydroxylation is 1. The van der Waals surface area contributed by atoms with Gasteiger partial charge < -0.3 is 24.3 Å². The minimum atomic E-state index is -0.283. The molecule has 0 unspecified atom stereocenters. The number of fused-ring (bicyclic) bond motifs is 1. The molecule has 0 spiro atoms. The molecule has 3 aromatic rings. The van der Waals surface area contributed by atoms with Gasteiger partial charge in [0.05, 0.1) is 13.2 Å². The Morgan fingerprint density at radius 2 is 1.77 bits per heavy atom. The molecule has 2 amide bonds. The first-order valence-corrected chi connectivity index (χ1v) is 10.6. The summed E-state index contributed by atoms with van der Waals surface area (Å²) < 4.78 is 11.2. The first-order valence-electron chi connectivity index (χ1n) is 10.6. The largest absolute Gasteiger partial charge is 0.451 e. The monoisotopic (exact) mass is 421 g/mol. The number of carbonyl (C=O) groups excluding carboxylic acids is 2. The van der Waals surface area contributed by atoms with Crippen LogP contribution in [-0.2, 0) is 9.53 Å². The van der Waals surface area contributed by atoms with Crippen LogP contribution in [0.3, 0.4) is 0 Å². The average molecular weight is 421 g/mol. The van der Waals surface area contributed by atoms with E-state index in [9.17, 15) is 9.59 Å². The van der Waals surface area contributed by atoms with E-state index in [2.05, 4.69) is 10.2 Å². The van der Waals surface area contributed by atoms with Crippen molar-refractivity contribution < 1.29 is 18.7 Å². The second-order valence-electron chi connectivity index (χ2n) is 7.57. The number of amides is 2. The third-order valence-electron chi connectivity index (χ3n) is 5.57. The lowest BCUT2D eigenvalue weighted by Gasteiger charge is -2.29. The first-order chi connectivity index (χ1) is 15.1. The van der Waals surface area contributed by atoms with Crippen LogP contribution in [0.4, 0.5) is 11.4 Å². The molecule has 1 saturated heterocycles. The van der Waals surface area contributed by atoms with E-state index in [1.54, 1.807) is 0 Å². The summed E-state index contributed by atoms with van der Waals surface area (Å²) in [7, 11) is 0. The summed E-state index contributed by atoms with van der Waals surface area (Å²) in [5.74, 6) is -0.247. The van der Waals surface area contributed by atoms with Gasteiger partial charge in [0.1, 0.15) is 12.1 Å². The molecule has 0 radical (unpaired) electrons. The summed E-state index contributed by atoms with van der Waals surface area (Å²) in [5, 5.41) is 3.79. The average Bonchev–Trinajstić information content (AvgIpc) is 3.15. The number of rotatable bonds is 6. The van der Waals surface area contributed by atoms with Crippen molar-refractivity contribution in [3.63, 3.8) is 0 Å². The maximum atomic E-state index is 13.0. The molecule has 2 aromatic carbocycles. The van der Waals surface area contributed by atoms with Gasteiger partial charge in [-0.3, -0.25) is 9.59 Å². The van der Waals surface area contributed by atoms with Crippen molar-refractivity contribution in [2.75, 3.05) is 49.6 Å². The predicted octanol–water partition coefficient (Wildman–Crippen LogP) is 3.68. The molecule has 0 saturated carbocycles. The minimum Gasteiger partial charge on any atom is -0.451 e. The van der Waals surface area contributed by atoms with Crippen LogP contribution in [-0.4, -0.2) is 56.1 Å². The number of likely N-dealkylation sites (N-methyl/N-ethyl adjacent to an activating group) is 1. The maximum Gasteiger partial charge on any atom is 0.290 e. The molecule has 31 heavy (non-hydrogen) atoms. The van der Waals surface area contributed by atoms with Crippen molar-refractivity contribution in [2.24, 2.45) is 0 Å². The number of anilines is 2. The fourth-order valence-corrected chi connectivity index (χ4v) is 3.80. The highest BCUT2D eigenvalue weighted by Crippen LogP contribution is 2.26. The number of morpholine rings is 1. The van der Waals surface area contributed by atoms with Crippen molar-refractivity contribution in [2.45, 2.75) is 13.8 Å². The van der Waals surface area contributed by atoms with E-state index in [1.165, 1.54) is 4.90 Å². The highest BCUT2D eigenvalue weighted by molar-refractivity contribution is 6.01. The van der Waals surface area contributed by atoms with Gasteiger partial charge in [0.25, 0.3) is 5.91 Å². The molecule has 1 aliphatic heterocycles. The number of nitrogens with zero attached hydrogens (tertiary/aromatic N) is 2. The molecule has 1 aromatic heterocycles. The van der Waals surface area contributed by atoms with E-state index >= 15 is 0 Å². The van der Waals surface area contributed by atoms with E-state index in [0.29, 0.717) is 17.8 Å². The first kappa shape index (κ1) is 20.9. The molecule has 4 rings (SSSR count). The summed E-state index contributed by atoms with van der Waals surface area (Å²) in [5.41, 5.74) is 3.26. The number of benzene rings is 2. The van der Waals surface area contributed by atoms with Gasteiger partial charge >= 0.3 is 0 Å². The SMILES string of the molecule is CCN(CC(=O)Nc1ccc(N2CCOCC2)cc1)C(=O)c1oc2ccccc2c1C. The summed E-state index contributed by atoms with van der Waals surface area (Å²) >= 11 is 0. The Labute approximate surface area is 181 Å². The smallest absolute Gasteiger partial charge is 0.290 e. The molecular weight excluding hydrogens is 394 g/mol. The number of nitrogens with one attached hydrogen (secondary N) is 1. The van der Waals surface area contributed by atoms with Crippen molar-refractivity contribution in [1.29, 1.82) is 0 Å². The molecular formula is C24H27N3O4. The second kappa shape index (κ2) is 9.22. The van der Waals surface area contributed by atoms with Crippen LogP contribution in [0, 0.1) is 6.92 Å². The number of hydrogen-bond acceptors (Lipinski definition) is 5. The summed E-state index contributed by atoms with van der Waals surface area (Å²) in [6.45, 7) is 7.24. The molecule has 0 aliphatic carbocycles. The summed E-state index contributed by atoms with van der Waals surface area (Å²) in [4.78, 5) is 29.3. The quantitative estimate of drug-likeness (QED) is 0.657. The number of para-hydroxylation sites is 1. The molecule has 162 valence electrons. The standard InChI is InChI=1S/C24H27N3O4/c1-3-26(24(29)23-17(2)20-6-4-5-7-21(20)31-23)16-22(28)25-18-8-10-19(11-9-18)27-12-14-30-15-13-27/h4-11H,3,12-16H2,1-2H3,(H,25,28). The topological polar surface area (TPSA) is 75.0 Å². The molecule has 7 nitrogen and oxygen atoms in total. The highest BCUT2D eigenvalue weighted by atomic mass is 16.5. The third-order valence-corrected chi connectivity index (χ3v) is 5.57. The molecule has 1 N–H and O–H groups in total. The van der Waals surface area contributed by atoms with E-state index in [4.69, 9.17) is 9.15 Å². The minimum absolute atomic E-state index is 0.0446. The van der Waals surface area contributed by atoms with Gasteiger partial charge in [0.2, 0.25) is 5.91 Å². The maximum absolute atomic E-state index is 13.0. The lowest BCUT2D eigenvalue weighted by atomic mass is 10.1. The Kier molecular flexibility index (Phi) is 6.23. The summed E-state index contributed by atoms with van der Waals surface area (Å²) in [6.07, 6.45) is 0. The zero-order valence-electron chi connectivity index (χ0n) is 17.9. The van der Waals surface area contributed by atoms with Crippen molar-refractivity contribution in [3.8, 4) is 0 Å². The number of furan rings is 1. The molecule has 1 fully saturated rings. The van der Waals surface area contributed by atoms with E-state index in [0.717, 1.165) is 42.9 Å². The third kappa shape index (κ3) is 4.56. The van der Waals surface area contributed by atoms with Gasteiger partial charge in [-0.15, -0.1) is 0 Å². The molecule has 0 bridgehead atoms. The van der Waals surface area contributed by atoms with Crippen LogP contribution >= 0.6 is 0 Å². The Morgan fingerprint density at radius 1 is 1.06 bits per heavy atom. The highest BCUT2D eigenvalue weighted by Gasteiger charge is 2.24. The van der Waals surface area contributed by atoms with Crippen LogP contribution in [0.2, 0.25) is 0 Å². The van der Waals surface area contributed by atoms with Gasteiger partial charge in [-0.25, -0.2) is 0 Å². The molecule has 1 aliphatic rings. The Bertz CT molecular complexity index is 1070. The van der Waals surface area contributed by atoms with Crippen molar-refractivity contribution in [3.05, 3.63) is 59.9 Å². The number of carbonyl (C=O) groups is 2. The zero-order chi connectivity index (χ0) is 21.8. The van der Waals surface area contributed by atoms with Crippen LogP contribution in [0.5, 0.6) is 0 Å². The molecule has 0 atom stereocenters. The lowest BCUT2D eigenvalue weighted by Crippen LogP contribution is -2.38. The second-order valence-corrected chi connectivity index (χ2v) is 7.57. The van der Waals surface area contributed by atoms with Crippen LogP contribution in [0.25, 0.3) is 11.0 Å². The Morgan fingerprint density at radius 3 is 2.45 bits per heavy atom. The Hall–Kier alpha value is -3.32. The molecule has 2 heterocycles. The Balaban J connectivity index is 1.40. The number of hydrogen-bond donors (Lipinski definition) is 1. The van der Waals surface area contributed by atoms with Gasteiger partial charge in [0, 0.05) is 42.0 Å². The normalized spacial score (nSPS) is 13.9. The van der Waals surface area contributed by atoms with E-state index in [1.807, 2.05) is 62.4 Å². The van der Waals surface area contributed by atoms with Crippen LogP contribution in [0.15, 0.2) is 52.9 Å². The predicted molar refractivity (Wildman–Crippen MR) is 121 cm³/mol. The lowest BCUT2D eigenvalue weighted by molar-refractivity contribution is -0.116. The van der Waals surface area contributed by atoms with Crippen LogP contribution in [0.1, 0.15) is 23.0 Å².